The maximum Gasteiger partial charge on any atom is 0.307 e. The molecule has 0 atom stereocenters. The van der Waals surface area contributed by atoms with E-state index in [-0.39, 0.29) is 25.5 Å². The molecule has 1 aromatic heterocycles. The van der Waals surface area contributed by atoms with Crippen molar-refractivity contribution in [2.24, 2.45) is 0 Å². The van der Waals surface area contributed by atoms with E-state index in [1.54, 1.807) is 31.2 Å². The first-order chi connectivity index (χ1) is 10.5. The van der Waals surface area contributed by atoms with Crippen molar-refractivity contribution in [2.45, 2.75) is 20.0 Å². The highest BCUT2D eigenvalue weighted by Gasteiger charge is 2.07. The number of nitrogens with one attached hydrogen (secondary N) is 1. The predicted octanol–water partition coefficient (Wildman–Crippen LogP) is 1.16. The zero-order valence-corrected chi connectivity index (χ0v) is 11.9. The van der Waals surface area contributed by atoms with Gasteiger partial charge in [-0.15, -0.1) is 0 Å². The van der Waals surface area contributed by atoms with Gasteiger partial charge in [0.2, 0.25) is 5.91 Å². The number of ether oxygens (including phenoxy) is 1. The van der Waals surface area contributed by atoms with Gasteiger partial charge in [0.15, 0.2) is 5.82 Å². The fraction of sp³-hybridized carbons (Fsp3) is 0.286. The van der Waals surface area contributed by atoms with Gasteiger partial charge in [-0.25, -0.2) is 0 Å². The van der Waals surface area contributed by atoms with Crippen molar-refractivity contribution in [3.63, 3.8) is 0 Å². The van der Waals surface area contributed by atoms with Gasteiger partial charge in [0.1, 0.15) is 13.2 Å². The zero-order valence-electron chi connectivity index (χ0n) is 11.9. The Kier molecular flexibility index (Phi) is 5.21. The number of aromatic nitrogens is 2. The van der Waals surface area contributed by atoms with Gasteiger partial charge in [-0.1, -0.05) is 17.3 Å². The van der Waals surface area contributed by atoms with Crippen molar-refractivity contribution >= 4 is 17.6 Å². The quantitative estimate of drug-likeness (QED) is 0.788. The van der Waals surface area contributed by atoms with Crippen molar-refractivity contribution in [3.05, 3.63) is 41.5 Å². The minimum atomic E-state index is -0.929. The molecule has 0 spiro atoms. The number of aryl methyl sites for hydroxylation is 1. The van der Waals surface area contributed by atoms with Crippen LogP contribution < -0.4 is 5.32 Å². The lowest BCUT2D eigenvalue weighted by Crippen LogP contribution is -2.18. The molecule has 2 N–H and O–H groups in total. The van der Waals surface area contributed by atoms with Gasteiger partial charge in [0.05, 0.1) is 6.42 Å². The van der Waals surface area contributed by atoms with Crippen molar-refractivity contribution < 1.29 is 24.0 Å². The third kappa shape index (κ3) is 4.98. The fourth-order valence-corrected chi connectivity index (χ4v) is 1.76. The van der Waals surface area contributed by atoms with E-state index in [0.717, 1.165) is 0 Å². The standard InChI is InChI=1S/C14H15N3O5/c1-9-15-13(22-17-9)8-21-7-12(18)16-11-4-2-3-10(5-11)6-14(19)20/h2-5H,6-8H2,1H3,(H,16,18)(H,19,20). The van der Waals surface area contributed by atoms with Gasteiger partial charge in [-0.3, -0.25) is 9.59 Å². The number of carboxylic acid groups (broad SMARTS) is 1. The van der Waals surface area contributed by atoms with Crippen molar-refractivity contribution in [1.29, 1.82) is 0 Å². The maximum atomic E-state index is 11.7. The summed E-state index contributed by atoms with van der Waals surface area (Å²) in [5.74, 6) is -0.488. The van der Waals surface area contributed by atoms with E-state index in [9.17, 15) is 9.59 Å². The number of carbonyl (C=O) groups is 2. The van der Waals surface area contributed by atoms with E-state index < -0.39 is 5.97 Å². The molecule has 8 heteroatoms. The molecule has 0 aliphatic rings. The Morgan fingerprint density at radius 2 is 2.23 bits per heavy atom. The van der Waals surface area contributed by atoms with Crippen LogP contribution in [0.25, 0.3) is 0 Å². The Hall–Kier alpha value is -2.74. The van der Waals surface area contributed by atoms with Crippen molar-refractivity contribution in [3.8, 4) is 0 Å². The van der Waals surface area contributed by atoms with E-state index in [1.807, 2.05) is 0 Å². The number of hydrogen-bond acceptors (Lipinski definition) is 6. The molecule has 116 valence electrons. The summed E-state index contributed by atoms with van der Waals surface area (Å²) in [6.07, 6.45) is -0.100. The highest BCUT2D eigenvalue weighted by atomic mass is 16.5. The molecule has 0 radical (unpaired) electrons. The van der Waals surface area contributed by atoms with E-state index in [1.165, 1.54) is 0 Å². The van der Waals surface area contributed by atoms with Crippen molar-refractivity contribution in [1.82, 2.24) is 10.1 Å². The molecule has 1 aromatic carbocycles. The van der Waals surface area contributed by atoms with Crippen LogP contribution in [0.1, 0.15) is 17.3 Å². The SMILES string of the molecule is Cc1noc(COCC(=O)Nc2cccc(CC(=O)O)c2)n1. The second kappa shape index (κ2) is 7.32. The molecule has 1 amide bonds. The molecule has 0 saturated carbocycles. The molecule has 1 heterocycles. The number of carboxylic acids is 1. The number of carbonyl (C=O) groups excluding carboxylic acids is 1. The van der Waals surface area contributed by atoms with Gasteiger partial charge in [0, 0.05) is 5.69 Å². The summed E-state index contributed by atoms with van der Waals surface area (Å²) < 4.78 is 10.0. The topological polar surface area (TPSA) is 115 Å². The Morgan fingerprint density at radius 1 is 1.41 bits per heavy atom. The molecule has 0 bridgehead atoms. The van der Waals surface area contributed by atoms with Crippen LogP contribution >= 0.6 is 0 Å². The van der Waals surface area contributed by atoms with Crippen molar-refractivity contribution in [2.75, 3.05) is 11.9 Å². The van der Waals surface area contributed by atoms with Gasteiger partial charge < -0.3 is 19.7 Å². The lowest BCUT2D eigenvalue weighted by atomic mass is 10.1. The average molecular weight is 305 g/mol. The van der Waals surface area contributed by atoms with Crippen LogP contribution in [0.4, 0.5) is 5.69 Å². The summed E-state index contributed by atoms with van der Waals surface area (Å²) in [7, 11) is 0. The molecule has 0 saturated heterocycles. The predicted molar refractivity (Wildman–Crippen MR) is 75.1 cm³/mol. The molecule has 0 aliphatic carbocycles. The molecule has 2 aromatic rings. The van der Waals surface area contributed by atoms with Crippen LogP contribution in [0.3, 0.4) is 0 Å². The minimum Gasteiger partial charge on any atom is -0.481 e. The third-order valence-electron chi connectivity index (χ3n) is 2.59. The first kappa shape index (κ1) is 15.6. The Balaban J connectivity index is 1.80. The number of rotatable bonds is 7. The van der Waals surface area contributed by atoms with E-state index in [2.05, 4.69) is 15.5 Å². The second-order valence-corrected chi connectivity index (χ2v) is 4.55. The van der Waals surface area contributed by atoms with Crippen LogP contribution in [0.2, 0.25) is 0 Å². The van der Waals surface area contributed by atoms with Crippen LogP contribution in [-0.4, -0.2) is 33.7 Å². The Bertz CT molecular complexity index is 668. The molecule has 0 unspecified atom stereocenters. The summed E-state index contributed by atoms with van der Waals surface area (Å²) in [4.78, 5) is 26.3. The number of nitrogens with zero attached hydrogens (tertiary/aromatic N) is 2. The fourth-order valence-electron chi connectivity index (χ4n) is 1.76. The zero-order chi connectivity index (χ0) is 15.9. The third-order valence-corrected chi connectivity index (χ3v) is 2.59. The smallest absolute Gasteiger partial charge is 0.307 e. The summed E-state index contributed by atoms with van der Waals surface area (Å²) in [5.41, 5.74) is 1.12. The Morgan fingerprint density at radius 3 is 2.91 bits per heavy atom. The summed E-state index contributed by atoms with van der Waals surface area (Å²) in [5, 5.41) is 15.0. The molecule has 0 fully saturated rings. The molecule has 0 aliphatic heterocycles. The first-order valence-electron chi connectivity index (χ1n) is 6.50. The van der Waals surface area contributed by atoms with E-state index in [0.29, 0.717) is 23.0 Å². The average Bonchev–Trinajstić information content (AvgIpc) is 2.84. The summed E-state index contributed by atoms with van der Waals surface area (Å²) in [6, 6.07) is 6.63. The van der Waals surface area contributed by atoms with Gasteiger partial charge >= 0.3 is 5.97 Å². The summed E-state index contributed by atoms with van der Waals surface area (Å²) in [6.45, 7) is 1.56. The molecule has 8 nitrogen and oxygen atoms in total. The largest absolute Gasteiger partial charge is 0.481 e. The van der Waals surface area contributed by atoms with Gasteiger partial charge in [0.25, 0.3) is 5.89 Å². The van der Waals surface area contributed by atoms with Crippen LogP contribution in [-0.2, 0) is 27.4 Å². The van der Waals surface area contributed by atoms with Crippen LogP contribution in [0.15, 0.2) is 28.8 Å². The molecular weight excluding hydrogens is 290 g/mol. The second-order valence-electron chi connectivity index (χ2n) is 4.55. The molecular formula is C14H15N3O5. The number of amides is 1. The van der Waals surface area contributed by atoms with Crippen LogP contribution in [0, 0.1) is 6.92 Å². The number of hydrogen-bond donors (Lipinski definition) is 2. The number of anilines is 1. The highest BCUT2D eigenvalue weighted by molar-refractivity contribution is 5.91. The highest BCUT2D eigenvalue weighted by Crippen LogP contribution is 2.11. The molecule has 2 rings (SSSR count). The Labute approximate surface area is 126 Å². The summed E-state index contributed by atoms with van der Waals surface area (Å²) >= 11 is 0. The van der Waals surface area contributed by atoms with E-state index >= 15 is 0 Å². The van der Waals surface area contributed by atoms with Gasteiger partial charge in [-0.05, 0) is 24.6 Å². The minimum absolute atomic E-state index is 0.0489. The molecule has 22 heavy (non-hydrogen) atoms. The number of aliphatic carboxylic acids is 1. The maximum absolute atomic E-state index is 11.7. The lowest BCUT2D eigenvalue weighted by molar-refractivity contribution is -0.136. The first-order valence-corrected chi connectivity index (χ1v) is 6.50. The van der Waals surface area contributed by atoms with Gasteiger partial charge in [-0.2, -0.15) is 4.98 Å². The normalized spacial score (nSPS) is 10.4. The monoisotopic (exact) mass is 305 g/mol. The lowest BCUT2D eigenvalue weighted by Gasteiger charge is -2.06. The number of benzene rings is 1. The van der Waals surface area contributed by atoms with E-state index in [4.69, 9.17) is 14.4 Å². The van der Waals surface area contributed by atoms with Crippen LogP contribution in [0.5, 0.6) is 0 Å².